The molecule has 1 aliphatic heterocycles. The normalized spacial score (nSPS) is 17.3. The minimum absolute atomic E-state index is 0.0678. The van der Waals surface area contributed by atoms with Gasteiger partial charge in [-0.05, 0) is 38.1 Å². The van der Waals surface area contributed by atoms with E-state index >= 15 is 0 Å². The van der Waals surface area contributed by atoms with Crippen LogP contribution in [-0.4, -0.2) is 36.9 Å². The van der Waals surface area contributed by atoms with Gasteiger partial charge in [0, 0.05) is 24.2 Å². The van der Waals surface area contributed by atoms with E-state index in [9.17, 15) is 14.4 Å². The smallest absolute Gasteiger partial charge is 0.312 e. The van der Waals surface area contributed by atoms with Gasteiger partial charge in [-0.3, -0.25) is 14.4 Å². The van der Waals surface area contributed by atoms with Crippen molar-refractivity contribution < 1.29 is 23.9 Å². The van der Waals surface area contributed by atoms with Crippen molar-refractivity contribution in [2.24, 2.45) is 5.92 Å². The van der Waals surface area contributed by atoms with E-state index in [0.717, 1.165) is 5.75 Å². The van der Waals surface area contributed by atoms with Gasteiger partial charge in [0.25, 0.3) is 0 Å². The van der Waals surface area contributed by atoms with Crippen molar-refractivity contribution in [3.63, 3.8) is 0 Å². The summed E-state index contributed by atoms with van der Waals surface area (Å²) in [6.07, 6.45) is -0.831. The number of anilines is 1. The molecule has 1 amide bonds. The Balaban J connectivity index is 1.61. The van der Waals surface area contributed by atoms with Gasteiger partial charge < -0.3 is 14.4 Å². The van der Waals surface area contributed by atoms with Crippen LogP contribution in [0.15, 0.2) is 54.6 Å². The van der Waals surface area contributed by atoms with Crippen LogP contribution in [0.5, 0.6) is 5.75 Å². The number of carbonyl (C=O) groups excluding carboxylic acids is 3. The standard InChI is InChI=1S/C22H23NO5/c1-3-27-19-11-9-18(10-12-19)23-14-17(13-20(23)24)22(26)28-15(2)21(25)16-7-5-4-6-8-16/h4-12,15,17H,3,13-14H2,1-2H3/t15-,17-/m1/s1. The molecule has 0 radical (unpaired) electrons. The van der Waals surface area contributed by atoms with Crippen LogP contribution in [0.25, 0.3) is 0 Å². The first-order valence-corrected chi connectivity index (χ1v) is 9.32. The Labute approximate surface area is 164 Å². The third-order valence-corrected chi connectivity index (χ3v) is 4.64. The lowest BCUT2D eigenvalue weighted by Gasteiger charge is -2.18. The van der Waals surface area contributed by atoms with Gasteiger partial charge in [0.1, 0.15) is 5.75 Å². The first-order valence-electron chi connectivity index (χ1n) is 9.32. The number of Topliss-reactive ketones (excluding diaryl/α,β-unsaturated/α-hetero) is 1. The average molecular weight is 381 g/mol. The summed E-state index contributed by atoms with van der Waals surface area (Å²) in [5, 5.41) is 0. The average Bonchev–Trinajstić information content (AvgIpc) is 3.10. The van der Waals surface area contributed by atoms with Crippen molar-refractivity contribution in [1.29, 1.82) is 0 Å². The highest BCUT2D eigenvalue weighted by Gasteiger charge is 2.37. The SMILES string of the molecule is CCOc1ccc(N2C[C@H](C(=O)O[C@H](C)C(=O)c3ccccc3)CC2=O)cc1. The van der Waals surface area contributed by atoms with Crippen molar-refractivity contribution >= 4 is 23.3 Å². The van der Waals surface area contributed by atoms with Crippen LogP contribution in [0.3, 0.4) is 0 Å². The number of rotatable bonds is 7. The molecule has 2 aromatic carbocycles. The number of carbonyl (C=O) groups is 3. The monoisotopic (exact) mass is 381 g/mol. The molecule has 1 heterocycles. The van der Waals surface area contributed by atoms with E-state index < -0.39 is 18.0 Å². The van der Waals surface area contributed by atoms with Crippen LogP contribution in [0.4, 0.5) is 5.69 Å². The first-order chi connectivity index (χ1) is 13.5. The summed E-state index contributed by atoms with van der Waals surface area (Å²) in [4.78, 5) is 38.8. The van der Waals surface area contributed by atoms with Crippen molar-refractivity contribution in [2.45, 2.75) is 26.4 Å². The van der Waals surface area contributed by atoms with Crippen LogP contribution >= 0.6 is 0 Å². The molecule has 146 valence electrons. The van der Waals surface area contributed by atoms with Gasteiger partial charge in [0.15, 0.2) is 6.10 Å². The highest BCUT2D eigenvalue weighted by molar-refractivity contribution is 6.02. The molecule has 0 spiro atoms. The lowest BCUT2D eigenvalue weighted by atomic mass is 10.1. The summed E-state index contributed by atoms with van der Waals surface area (Å²) >= 11 is 0. The van der Waals surface area contributed by atoms with E-state index in [1.54, 1.807) is 60.4 Å². The van der Waals surface area contributed by atoms with E-state index in [0.29, 0.717) is 17.9 Å². The Morgan fingerprint density at radius 3 is 2.43 bits per heavy atom. The van der Waals surface area contributed by atoms with E-state index in [1.807, 2.05) is 13.0 Å². The minimum Gasteiger partial charge on any atom is -0.494 e. The molecule has 28 heavy (non-hydrogen) atoms. The van der Waals surface area contributed by atoms with Crippen LogP contribution in [0.2, 0.25) is 0 Å². The fourth-order valence-corrected chi connectivity index (χ4v) is 3.17. The second-order valence-corrected chi connectivity index (χ2v) is 6.64. The summed E-state index contributed by atoms with van der Waals surface area (Å²) in [7, 11) is 0. The van der Waals surface area contributed by atoms with Gasteiger partial charge in [0.05, 0.1) is 12.5 Å². The second kappa shape index (κ2) is 8.69. The van der Waals surface area contributed by atoms with E-state index in [-0.39, 0.29) is 24.7 Å². The summed E-state index contributed by atoms with van der Waals surface area (Å²) in [5.41, 5.74) is 1.19. The van der Waals surface area contributed by atoms with E-state index in [1.165, 1.54) is 0 Å². The zero-order valence-corrected chi connectivity index (χ0v) is 16.0. The number of benzene rings is 2. The van der Waals surface area contributed by atoms with Gasteiger partial charge in [-0.25, -0.2) is 0 Å². The van der Waals surface area contributed by atoms with Gasteiger partial charge in [-0.1, -0.05) is 30.3 Å². The predicted octanol–water partition coefficient (Wildman–Crippen LogP) is 3.25. The van der Waals surface area contributed by atoms with Gasteiger partial charge in [-0.15, -0.1) is 0 Å². The number of esters is 1. The maximum Gasteiger partial charge on any atom is 0.312 e. The fraction of sp³-hybridized carbons (Fsp3) is 0.318. The Morgan fingerprint density at radius 2 is 1.79 bits per heavy atom. The molecular formula is C22H23NO5. The maximum atomic E-state index is 12.5. The van der Waals surface area contributed by atoms with Gasteiger partial charge in [-0.2, -0.15) is 0 Å². The van der Waals surface area contributed by atoms with Crippen LogP contribution in [0, 0.1) is 5.92 Å². The molecule has 2 atom stereocenters. The minimum atomic E-state index is -0.899. The molecule has 1 aliphatic rings. The topological polar surface area (TPSA) is 72.9 Å². The van der Waals surface area contributed by atoms with Crippen LogP contribution in [-0.2, 0) is 14.3 Å². The highest BCUT2D eigenvalue weighted by atomic mass is 16.5. The molecule has 0 aromatic heterocycles. The van der Waals surface area contributed by atoms with Crippen molar-refractivity contribution in [3.05, 3.63) is 60.2 Å². The molecule has 6 heteroatoms. The molecule has 0 unspecified atom stereocenters. The summed E-state index contributed by atoms with van der Waals surface area (Å²) in [6.45, 7) is 4.25. The molecule has 0 bridgehead atoms. The maximum absolute atomic E-state index is 12.5. The predicted molar refractivity (Wildman–Crippen MR) is 104 cm³/mol. The highest BCUT2D eigenvalue weighted by Crippen LogP contribution is 2.28. The molecule has 2 aromatic rings. The van der Waals surface area contributed by atoms with Crippen LogP contribution < -0.4 is 9.64 Å². The lowest BCUT2D eigenvalue weighted by Crippen LogP contribution is -2.30. The molecule has 0 N–H and O–H groups in total. The number of ether oxygens (including phenoxy) is 2. The molecule has 3 rings (SSSR count). The Bertz CT molecular complexity index is 847. The lowest BCUT2D eigenvalue weighted by molar-refractivity contribution is -0.151. The summed E-state index contributed by atoms with van der Waals surface area (Å²) < 4.78 is 10.7. The number of nitrogens with zero attached hydrogens (tertiary/aromatic N) is 1. The van der Waals surface area contributed by atoms with Gasteiger partial charge >= 0.3 is 5.97 Å². The number of hydrogen-bond acceptors (Lipinski definition) is 5. The quantitative estimate of drug-likeness (QED) is 0.544. The Kier molecular flexibility index (Phi) is 6.09. The number of ketones is 1. The second-order valence-electron chi connectivity index (χ2n) is 6.64. The van der Waals surface area contributed by atoms with Gasteiger partial charge in [0.2, 0.25) is 11.7 Å². The number of amides is 1. The fourth-order valence-electron chi connectivity index (χ4n) is 3.17. The molecular weight excluding hydrogens is 358 g/mol. The Hall–Kier alpha value is -3.15. The number of hydrogen-bond donors (Lipinski definition) is 0. The summed E-state index contributed by atoms with van der Waals surface area (Å²) in [5.74, 6) is -0.805. The largest absolute Gasteiger partial charge is 0.494 e. The molecule has 1 fully saturated rings. The van der Waals surface area contributed by atoms with Crippen molar-refractivity contribution in [3.8, 4) is 5.75 Å². The van der Waals surface area contributed by atoms with E-state index in [4.69, 9.17) is 9.47 Å². The first kappa shape index (κ1) is 19.6. The van der Waals surface area contributed by atoms with Crippen molar-refractivity contribution in [1.82, 2.24) is 0 Å². The molecule has 1 saturated heterocycles. The third kappa shape index (κ3) is 4.39. The Morgan fingerprint density at radius 1 is 1.11 bits per heavy atom. The van der Waals surface area contributed by atoms with Crippen LogP contribution in [0.1, 0.15) is 30.6 Å². The third-order valence-electron chi connectivity index (χ3n) is 4.64. The summed E-state index contributed by atoms with van der Waals surface area (Å²) in [6, 6.07) is 15.8. The zero-order chi connectivity index (χ0) is 20.1. The zero-order valence-electron chi connectivity index (χ0n) is 16.0. The molecule has 0 saturated carbocycles. The molecule has 6 nitrogen and oxygen atoms in total. The molecule has 0 aliphatic carbocycles. The van der Waals surface area contributed by atoms with E-state index in [2.05, 4.69) is 0 Å². The van der Waals surface area contributed by atoms with Crippen molar-refractivity contribution in [2.75, 3.05) is 18.1 Å².